The molecule has 3 N–H and O–H groups in total. The molecule has 0 saturated heterocycles. The van der Waals surface area contributed by atoms with E-state index in [1.165, 1.54) is 6.07 Å². The molecule has 3 aromatic rings. The van der Waals surface area contributed by atoms with Crippen molar-refractivity contribution in [3.05, 3.63) is 64.7 Å². The van der Waals surface area contributed by atoms with Gasteiger partial charge in [-0.25, -0.2) is 9.37 Å². The van der Waals surface area contributed by atoms with Gasteiger partial charge in [0.15, 0.2) is 5.69 Å². The zero-order chi connectivity index (χ0) is 18.1. The van der Waals surface area contributed by atoms with E-state index in [1.54, 1.807) is 29.1 Å². The molecule has 3 heterocycles. The van der Waals surface area contributed by atoms with Crippen molar-refractivity contribution in [1.29, 1.82) is 0 Å². The predicted molar refractivity (Wildman–Crippen MR) is 93.4 cm³/mol. The molecule has 8 heteroatoms. The quantitative estimate of drug-likeness (QED) is 0.664. The van der Waals surface area contributed by atoms with Crippen LogP contribution in [-0.4, -0.2) is 32.2 Å². The van der Waals surface area contributed by atoms with Crippen molar-refractivity contribution in [2.75, 3.05) is 6.54 Å². The Labute approximate surface area is 149 Å². The van der Waals surface area contributed by atoms with Crippen molar-refractivity contribution in [3.63, 3.8) is 0 Å². The standard InChI is InChI=1S/C18H19FN6O/c1-11-21-6-7-25(11)16-3-2-12(8-14(16)19)9-22-18(26)17-13-10-20-5-4-15(13)23-24-17/h2-3,6-8,20H,4-5,9-10H2,1H3,(H,22,26)(H,23,24). The molecule has 7 nitrogen and oxygen atoms in total. The highest BCUT2D eigenvalue weighted by atomic mass is 19.1. The lowest BCUT2D eigenvalue weighted by molar-refractivity contribution is 0.0944. The number of imidazole rings is 1. The number of fused-ring (bicyclic) bond motifs is 1. The minimum Gasteiger partial charge on any atom is -0.347 e. The van der Waals surface area contributed by atoms with Gasteiger partial charge in [-0.15, -0.1) is 0 Å². The summed E-state index contributed by atoms with van der Waals surface area (Å²) in [7, 11) is 0. The van der Waals surface area contributed by atoms with Crippen LogP contribution in [0.15, 0.2) is 30.6 Å². The largest absolute Gasteiger partial charge is 0.347 e. The van der Waals surface area contributed by atoms with Crippen LogP contribution in [0.5, 0.6) is 0 Å². The van der Waals surface area contributed by atoms with E-state index >= 15 is 0 Å². The van der Waals surface area contributed by atoms with Gasteiger partial charge in [0, 0.05) is 49.7 Å². The molecular formula is C18H19FN6O. The van der Waals surface area contributed by atoms with Gasteiger partial charge in [0.25, 0.3) is 5.91 Å². The van der Waals surface area contributed by atoms with Gasteiger partial charge in [-0.2, -0.15) is 5.10 Å². The van der Waals surface area contributed by atoms with Gasteiger partial charge in [0.05, 0.1) is 5.69 Å². The summed E-state index contributed by atoms with van der Waals surface area (Å²) in [4.78, 5) is 16.5. The third-order valence-electron chi connectivity index (χ3n) is 4.57. The van der Waals surface area contributed by atoms with E-state index in [1.807, 2.05) is 6.92 Å². The fourth-order valence-electron chi connectivity index (χ4n) is 3.17. The van der Waals surface area contributed by atoms with Crippen LogP contribution < -0.4 is 10.6 Å². The van der Waals surface area contributed by atoms with Crippen LogP contribution in [0.4, 0.5) is 4.39 Å². The van der Waals surface area contributed by atoms with E-state index in [0.29, 0.717) is 29.3 Å². The molecule has 0 radical (unpaired) electrons. The minimum absolute atomic E-state index is 0.230. The average molecular weight is 354 g/mol. The zero-order valence-electron chi connectivity index (χ0n) is 14.3. The second-order valence-corrected chi connectivity index (χ2v) is 6.27. The van der Waals surface area contributed by atoms with E-state index < -0.39 is 0 Å². The summed E-state index contributed by atoms with van der Waals surface area (Å²) in [5.74, 6) is 0.0854. The first kappa shape index (κ1) is 16.5. The summed E-state index contributed by atoms with van der Waals surface area (Å²) in [5, 5.41) is 13.1. The molecule has 1 aliphatic heterocycles. The maximum absolute atomic E-state index is 14.4. The molecule has 26 heavy (non-hydrogen) atoms. The molecule has 134 valence electrons. The third-order valence-corrected chi connectivity index (χ3v) is 4.57. The lowest BCUT2D eigenvalue weighted by Gasteiger charge is -2.13. The Morgan fingerprint density at radius 3 is 3.08 bits per heavy atom. The molecule has 1 aromatic carbocycles. The lowest BCUT2D eigenvalue weighted by Crippen LogP contribution is -2.28. The van der Waals surface area contributed by atoms with Crippen molar-refractivity contribution in [1.82, 2.24) is 30.4 Å². The zero-order valence-corrected chi connectivity index (χ0v) is 14.3. The molecule has 0 unspecified atom stereocenters. The molecule has 4 rings (SSSR count). The van der Waals surface area contributed by atoms with Crippen molar-refractivity contribution in [2.45, 2.75) is 26.4 Å². The van der Waals surface area contributed by atoms with Crippen LogP contribution in [0.2, 0.25) is 0 Å². The molecule has 1 aliphatic rings. The van der Waals surface area contributed by atoms with Crippen molar-refractivity contribution in [3.8, 4) is 5.69 Å². The third kappa shape index (κ3) is 2.99. The smallest absolute Gasteiger partial charge is 0.272 e. The molecule has 0 spiro atoms. The summed E-state index contributed by atoms with van der Waals surface area (Å²) < 4.78 is 16.1. The Kier molecular flexibility index (Phi) is 4.26. The minimum atomic E-state index is -0.362. The van der Waals surface area contributed by atoms with E-state index in [2.05, 4.69) is 25.8 Å². The number of amides is 1. The molecule has 0 atom stereocenters. The molecule has 0 fully saturated rings. The highest BCUT2D eigenvalue weighted by Crippen LogP contribution is 2.18. The molecular weight excluding hydrogens is 335 g/mol. The van der Waals surface area contributed by atoms with Crippen molar-refractivity contribution >= 4 is 5.91 Å². The Morgan fingerprint density at radius 2 is 2.31 bits per heavy atom. The molecule has 0 aliphatic carbocycles. The summed E-state index contributed by atoms with van der Waals surface area (Å²) in [6.07, 6.45) is 4.17. The predicted octanol–water partition coefficient (Wildman–Crippen LogP) is 1.62. The van der Waals surface area contributed by atoms with E-state index in [0.717, 1.165) is 24.2 Å². The number of hydrogen-bond acceptors (Lipinski definition) is 4. The number of aromatic amines is 1. The Morgan fingerprint density at radius 1 is 1.42 bits per heavy atom. The van der Waals surface area contributed by atoms with Crippen molar-refractivity contribution in [2.24, 2.45) is 0 Å². The first-order valence-corrected chi connectivity index (χ1v) is 8.47. The van der Waals surface area contributed by atoms with Gasteiger partial charge < -0.3 is 15.2 Å². The number of carbonyl (C=O) groups is 1. The normalized spacial score (nSPS) is 13.5. The highest BCUT2D eigenvalue weighted by molar-refractivity contribution is 5.94. The number of carbonyl (C=O) groups excluding carboxylic acids is 1. The molecule has 2 aromatic heterocycles. The number of benzene rings is 1. The highest BCUT2D eigenvalue weighted by Gasteiger charge is 2.21. The summed E-state index contributed by atoms with van der Waals surface area (Å²) >= 11 is 0. The monoisotopic (exact) mass is 354 g/mol. The van der Waals surface area contributed by atoms with Gasteiger partial charge in [-0.1, -0.05) is 6.07 Å². The number of nitrogens with one attached hydrogen (secondary N) is 3. The van der Waals surface area contributed by atoms with E-state index in [9.17, 15) is 9.18 Å². The molecule has 1 amide bonds. The van der Waals surface area contributed by atoms with Crippen LogP contribution >= 0.6 is 0 Å². The van der Waals surface area contributed by atoms with Gasteiger partial charge in [-0.05, 0) is 24.6 Å². The van der Waals surface area contributed by atoms with Gasteiger partial charge in [-0.3, -0.25) is 9.89 Å². The van der Waals surface area contributed by atoms with Crippen LogP contribution in [0.25, 0.3) is 5.69 Å². The summed E-state index contributed by atoms with van der Waals surface area (Å²) in [6, 6.07) is 4.90. The number of hydrogen-bond donors (Lipinski definition) is 3. The Balaban J connectivity index is 1.47. The SMILES string of the molecule is Cc1nccn1-c1ccc(CNC(=O)c2n[nH]c3c2CNCC3)cc1F. The lowest BCUT2D eigenvalue weighted by atomic mass is 10.1. The van der Waals surface area contributed by atoms with Gasteiger partial charge >= 0.3 is 0 Å². The van der Waals surface area contributed by atoms with Crippen LogP contribution in [-0.2, 0) is 19.5 Å². The first-order chi connectivity index (χ1) is 12.6. The van der Waals surface area contributed by atoms with Crippen LogP contribution in [0, 0.1) is 12.7 Å². The average Bonchev–Trinajstić information content (AvgIpc) is 3.26. The fourth-order valence-corrected chi connectivity index (χ4v) is 3.17. The van der Waals surface area contributed by atoms with E-state index in [-0.39, 0.29) is 18.3 Å². The molecule has 0 saturated carbocycles. The molecule has 0 bridgehead atoms. The number of rotatable bonds is 4. The summed E-state index contributed by atoms with van der Waals surface area (Å²) in [6.45, 7) is 3.54. The second-order valence-electron chi connectivity index (χ2n) is 6.27. The van der Waals surface area contributed by atoms with Gasteiger partial charge in [0.1, 0.15) is 11.6 Å². The first-order valence-electron chi connectivity index (χ1n) is 8.47. The van der Waals surface area contributed by atoms with Gasteiger partial charge in [0.2, 0.25) is 0 Å². The van der Waals surface area contributed by atoms with Crippen molar-refractivity contribution < 1.29 is 9.18 Å². The number of halogens is 1. The number of aromatic nitrogens is 4. The van der Waals surface area contributed by atoms with E-state index in [4.69, 9.17) is 0 Å². The number of H-pyrrole nitrogens is 1. The van der Waals surface area contributed by atoms with Crippen LogP contribution in [0.3, 0.4) is 0 Å². The Bertz CT molecular complexity index is 960. The number of nitrogens with zero attached hydrogens (tertiary/aromatic N) is 3. The topological polar surface area (TPSA) is 87.6 Å². The maximum atomic E-state index is 14.4. The maximum Gasteiger partial charge on any atom is 0.272 e. The second kappa shape index (κ2) is 6.72. The Hall–Kier alpha value is -3.00. The fraction of sp³-hybridized carbons (Fsp3) is 0.278. The summed E-state index contributed by atoms with van der Waals surface area (Å²) in [5.41, 5.74) is 3.42. The number of aryl methyl sites for hydroxylation is 1. The van der Waals surface area contributed by atoms with Crippen LogP contribution in [0.1, 0.15) is 33.1 Å².